The SMILES string of the molecule is COc1ccc([C@H]2/C(=C(\O)c3ccccc3)C(=O)C(=O)N2CC(=O)O)cc1. The number of carboxylic acids is 1. The Morgan fingerprint density at radius 1 is 1.04 bits per heavy atom. The first-order valence-electron chi connectivity index (χ1n) is 8.13. The van der Waals surface area contributed by atoms with Crippen molar-refractivity contribution in [2.45, 2.75) is 6.04 Å². The number of carbonyl (C=O) groups excluding carboxylic acids is 2. The second-order valence-electron chi connectivity index (χ2n) is 5.96. The molecule has 2 aromatic rings. The fraction of sp³-hybridized carbons (Fsp3) is 0.150. The van der Waals surface area contributed by atoms with Gasteiger partial charge < -0.3 is 19.8 Å². The van der Waals surface area contributed by atoms with Crippen LogP contribution in [0.1, 0.15) is 17.2 Å². The van der Waals surface area contributed by atoms with Crippen LogP contribution in [0.5, 0.6) is 5.75 Å². The summed E-state index contributed by atoms with van der Waals surface area (Å²) >= 11 is 0. The van der Waals surface area contributed by atoms with Gasteiger partial charge in [0.15, 0.2) is 0 Å². The highest BCUT2D eigenvalue weighted by Crippen LogP contribution is 2.39. The normalized spacial score (nSPS) is 18.6. The Morgan fingerprint density at radius 2 is 1.67 bits per heavy atom. The van der Waals surface area contributed by atoms with Gasteiger partial charge in [0.25, 0.3) is 11.7 Å². The number of carboxylic acid groups (broad SMARTS) is 1. The van der Waals surface area contributed by atoms with E-state index in [2.05, 4.69) is 0 Å². The van der Waals surface area contributed by atoms with E-state index in [4.69, 9.17) is 9.84 Å². The van der Waals surface area contributed by atoms with Crippen molar-refractivity contribution in [3.05, 3.63) is 71.3 Å². The number of ether oxygens (including phenoxy) is 1. The maximum atomic E-state index is 12.6. The van der Waals surface area contributed by atoms with Crippen molar-refractivity contribution >= 4 is 23.4 Å². The summed E-state index contributed by atoms with van der Waals surface area (Å²) in [6, 6.07) is 13.8. The quantitative estimate of drug-likeness (QED) is 0.477. The number of Topliss-reactive ketones (excluding diaryl/α,β-unsaturated/α-hetero) is 1. The van der Waals surface area contributed by atoms with Crippen LogP contribution in [-0.4, -0.2) is 46.4 Å². The van der Waals surface area contributed by atoms with E-state index in [0.717, 1.165) is 4.90 Å². The average Bonchev–Trinajstić information content (AvgIpc) is 2.92. The minimum absolute atomic E-state index is 0.141. The first-order valence-corrected chi connectivity index (χ1v) is 8.13. The van der Waals surface area contributed by atoms with Crippen LogP contribution >= 0.6 is 0 Å². The summed E-state index contributed by atoms with van der Waals surface area (Å²) < 4.78 is 5.11. The topological polar surface area (TPSA) is 104 Å². The number of amides is 1. The Morgan fingerprint density at radius 3 is 2.22 bits per heavy atom. The van der Waals surface area contributed by atoms with E-state index in [1.54, 1.807) is 54.6 Å². The number of aliphatic hydroxyl groups excluding tert-OH is 1. The Labute approximate surface area is 155 Å². The molecule has 7 heteroatoms. The molecule has 1 aliphatic rings. The highest BCUT2D eigenvalue weighted by atomic mass is 16.5. The van der Waals surface area contributed by atoms with Gasteiger partial charge in [-0.25, -0.2) is 0 Å². The number of hydrogen-bond acceptors (Lipinski definition) is 5. The van der Waals surface area contributed by atoms with E-state index in [-0.39, 0.29) is 11.3 Å². The second-order valence-corrected chi connectivity index (χ2v) is 5.96. The van der Waals surface area contributed by atoms with E-state index >= 15 is 0 Å². The predicted molar refractivity (Wildman–Crippen MR) is 96.1 cm³/mol. The van der Waals surface area contributed by atoms with E-state index in [1.807, 2.05) is 0 Å². The Bertz CT molecular complexity index is 917. The Kier molecular flexibility index (Phi) is 4.94. The zero-order chi connectivity index (χ0) is 19.6. The molecule has 7 nitrogen and oxygen atoms in total. The summed E-state index contributed by atoms with van der Waals surface area (Å²) in [4.78, 5) is 37.2. The van der Waals surface area contributed by atoms with Crippen molar-refractivity contribution in [1.82, 2.24) is 4.90 Å². The number of ketones is 1. The monoisotopic (exact) mass is 367 g/mol. The van der Waals surface area contributed by atoms with Crippen LogP contribution < -0.4 is 4.74 Å². The lowest BCUT2D eigenvalue weighted by Crippen LogP contribution is -2.34. The number of aliphatic carboxylic acids is 1. The van der Waals surface area contributed by atoms with Gasteiger partial charge in [-0.3, -0.25) is 14.4 Å². The average molecular weight is 367 g/mol. The maximum absolute atomic E-state index is 12.6. The molecule has 0 aromatic heterocycles. The first-order chi connectivity index (χ1) is 12.9. The van der Waals surface area contributed by atoms with Crippen LogP contribution in [0.25, 0.3) is 5.76 Å². The third-order valence-electron chi connectivity index (χ3n) is 4.32. The summed E-state index contributed by atoms with van der Waals surface area (Å²) in [5.41, 5.74) is 0.718. The fourth-order valence-corrected chi connectivity index (χ4v) is 3.07. The van der Waals surface area contributed by atoms with E-state index in [1.165, 1.54) is 7.11 Å². The summed E-state index contributed by atoms with van der Waals surface area (Å²) in [5.74, 6) is -2.91. The number of hydrogen-bond donors (Lipinski definition) is 2. The molecular formula is C20H17NO6. The van der Waals surface area contributed by atoms with Gasteiger partial charge in [-0.2, -0.15) is 0 Å². The number of benzene rings is 2. The van der Waals surface area contributed by atoms with Gasteiger partial charge >= 0.3 is 5.97 Å². The number of aliphatic hydroxyl groups is 1. The minimum atomic E-state index is -1.25. The van der Waals surface area contributed by atoms with Crippen molar-refractivity contribution in [2.24, 2.45) is 0 Å². The van der Waals surface area contributed by atoms with E-state index in [0.29, 0.717) is 16.9 Å². The molecule has 1 atom stereocenters. The van der Waals surface area contributed by atoms with Gasteiger partial charge in [0.05, 0.1) is 18.7 Å². The summed E-state index contributed by atoms with van der Waals surface area (Å²) in [5, 5.41) is 19.9. The smallest absolute Gasteiger partial charge is 0.323 e. The van der Waals surface area contributed by atoms with Crippen molar-refractivity contribution in [1.29, 1.82) is 0 Å². The minimum Gasteiger partial charge on any atom is -0.507 e. The van der Waals surface area contributed by atoms with Crippen molar-refractivity contribution in [2.75, 3.05) is 13.7 Å². The molecular weight excluding hydrogens is 350 g/mol. The fourth-order valence-electron chi connectivity index (χ4n) is 3.07. The molecule has 0 spiro atoms. The van der Waals surface area contributed by atoms with Crippen LogP contribution in [0.3, 0.4) is 0 Å². The van der Waals surface area contributed by atoms with Crippen LogP contribution in [0, 0.1) is 0 Å². The van der Waals surface area contributed by atoms with Crippen molar-refractivity contribution < 1.29 is 29.3 Å². The molecule has 1 amide bonds. The highest BCUT2D eigenvalue weighted by Gasteiger charge is 2.46. The summed E-state index contributed by atoms with van der Waals surface area (Å²) in [6.45, 7) is -0.660. The molecule has 138 valence electrons. The third-order valence-corrected chi connectivity index (χ3v) is 4.32. The number of methoxy groups -OCH3 is 1. The zero-order valence-corrected chi connectivity index (χ0v) is 14.5. The largest absolute Gasteiger partial charge is 0.507 e. The number of likely N-dealkylation sites (tertiary alicyclic amines) is 1. The molecule has 0 bridgehead atoms. The summed E-state index contributed by atoms with van der Waals surface area (Å²) in [6.07, 6.45) is 0. The van der Waals surface area contributed by atoms with Crippen molar-refractivity contribution in [3.8, 4) is 5.75 Å². The van der Waals surface area contributed by atoms with Crippen LogP contribution in [0.2, 0.25) is 0 Å². The third kappa shape index (κ3) is 3.39. The standard InChI is InChI=1S/C20H17NO6/c1-27-14-9-7-12(8-10-14)17-16(18(24)13-5-3-2-4-6-13)19(25)20(26)21(17)11-15(22)23/h2-10,17,24H,11H2,1H3,(H,22,23)/b18-16+/t17-/m0/s1. The molecule has 0 aliphatic carbocycles. The van der Waals surface area contributed by atoms with Crippen LogP contribution in [0.4, 0.5) is 0 Å². The Balaban J connectivity index is 2.17. The first kappa shape index (κ1) is 18.2. The van der Waals surface area contributed by atoms with Gasteiger partial charge in [0.1, 0.15) is 18.1 Å². The molecule has 1 saturated heterocycles. The number of rotatable bonds is 5. The summed E-state index contributed by atoms with van der Waals surface area (Å²) in [7, 11) is 1.50. The molecule has 1 aliphatic heterocycles. The number of nitrogens with zero attached hydrogens (tertiary/aromatic N) is 1. The molecule has 0 unspecified atom stereocenters. The van der Waals surface area contributed by atoms with Crippen molar-refractivity contribution in [3.63, 3.8) is 0 Å². The molecule has 3 rings (SSSR count). The van der Waals surface area contributed by atoms with Gasteiger partial charge in [0, 0.05) is 5.56 Å². The predicted octanol–water partition coefficient (Wildman–Crippen LogP) is 2.20. The second kappa shape index (κ2) is 7.33. The lowest BCUT2D eigenvalue weighted by atomic mass is 9.95. The molecule has 1 fully saturated rings. The van der Waals surface area contributed by atoms with Gasteiger partial charge in [-0.1, -0.05) is 42.5 Å². The lowest BCUT2D eigenvalue weighted by Gasteiger charge is -2.23. The Hall–Kier alpha value is -3.61. The maximum Gasteiger partial charge on any atom is 0.323 e. The van der Waals surface area contributed by atoms with E-state index in [9.17, 15) is 19.5 Å². The molecule has 2 aromatic carbocycles. The molecule has 0 radical (unpaired) electrons. The van der Waals surface area contributed by atoms with Crippen LogP contribution in [0.15, 0.2) is 60.2 Å². The zero-order valence-electron chi connectivity index (χ0n) is 14.5. The lowest BCUT2D eigenvalue weighted by molar-refractivity contribution is -0.146. The molecule has 0 saturated carbocycles. The molecule has 27 heavy (non-hydrogen) atoms. The molecule has 1 heterocycles. The van der Waals surface area contributed by atoms with Gasteiger partial charge in [0.2, 0.25) is 0 Å². The van der Waals surface area contributed by atoms with Gasteiger partial charge in [-0.15, -0.1) is 0 Å². The van der Waals surface area contributed by atoms with Gasteiger partial charge in [-0.05, 0) is 17.7 Å². The van der Waals surface area contributed by atoms with E-state index < -0.39 is 30.2 Å². The highest BCUT2D eigenvalue weighted by molar-refractivity contribution is 6.46. The van der Waals surface area contributed by atoms with Crippen LogP contribution in [-0.2, 0) is 14.4 Å². The number of carbonyl (C=O) groups is 3. The molecule has 2 N–H and O–H groups in total.